The van der Waals surface area contributed by atoms with E-state index in [2.05, 4.69) is 19.9 Å². The summed E-state index contributed by atoms with van der Waals surface area (Å²) >= 11 is 0. The first-order chi connectivity index (χ1) is 12.6. The van der Waals surface area contributed by atoms with Crippen molar-refractivity contribution < 1.29 is 4.79 Å². The standard InChI is InChI=1S/C19H23N5O2/c1-13(23-9-4-5-10-23)19(26)24-11-7-14-16(12-24)21-17(22-18(14)25)15-6-2-3-8-20-15/h2-3,6,8,13H,4-5,7,9-12H2,1H3,(H,21,22,25)/t13-/m1/s1. The van der Waals surface area contributed by atoms with Crippen molar-refractivity contribution in [1.29, 1.82) is 0 Å². The number of nitrogens with one attached hydrogen (secondary N) is 1. The predicted octanol–water partition coefficient (Wildman–Crippen LogP) is 1.20. The van der Waals surface area contributed by atoms with E-state index < -0.39 is 0 Å². The lowest BCUT2D eigenvalue weighted by molar-refractivity contribution is -0.137. The van der Waals surface area contributed by atoms with Crippen LogP contribution in [-0.2, 0) is 17.8 Å². The molecular formula is C19H23N5O2. The van der Waals surface area contributed by atoms with Crippen LogP contribution >= 0.6 is 0 Å². The van der Waals surface area contributed by atoms with Gasteiger partial charge in [-0.3, -0.25) is 19.5 Å². The molecule has 7 heteroatoms. The van der Waals surface area contributed by atoms with Gasteiger partial charge in [0.1, 0.15) is 5.69 Å². The van der Waals surface area contributed by atoms with Gasteiger partial charge in [0, 0.05) is 18.3 Å². The van der Waals surface area contributed by atoms with E-state index in [1.165, 1.54) is 0 Å². The summed E-state index contributed by atoms with van der Waals surface area (Å²) in [4.78, 5) is 41.1. The predicted molar refractivity (Wildman–Crippen MR) is 97.5 cm³/mol. The topological polar surface area (TPSA) is 82.2 Å². The van der Waals surface area contributed by atoms with Gasteiger partial charge in [-0.1, -0.05) is 6.07 Å². The zero-order chi connectivity index (χ0) is 18.1. The van der Waals surface area contributed by atoms with Crippen molar-refractivity contribution in [3.63, 3.8) is 0 Å². The molecule has 1 fully saturated rings. The van der Waals surface area contributed by atoms with Crippen LogP contribution in [0.4, 0.5) is 0 Å². The average molecular weight is 353 g/mol. The molecule has 0 unspecified atom stereocenters. The van der Waals surface area contributed by atoms with Crippen molar-refractivity contribution in [3.05, 3.63) is 46.0 Å². The number of H-pyrrole nitrogens is 1. The summed E-state index contributed by atoms with van der Waals surface area (Å²) in [6, 6.07) is 5.37. The molecule has 7 nitrogen and oxygen atoms in total. The van der Waals surface area contributed by atoms with Crippen molar-refractivity contribution in [3.8, 4) is 11.5 Å². The van der Waals surface area contributed by atoms with E-state index in [4.69, 9.17) is 0 Å². The molecule has 0 radical (unpaired) electrons. The third kappa shape index (κ3) is 3.14. The number of likely N-dealkylation sites (tertiary alicyclic amines) is 1. The Hall–Kier alpha value is -2.54. The van der Waals surface area contributed by atoms with Crippen LogP contribution in [0, 0.1) is 0 Å². The van der Waals surface area contributed by atoms with Crippen molar-refractivity contribution in [2.24, 2.45) is 0 Å². The van der Waals surface area contributed by atoms with Crippen molar-refractivity contribution >= 4 is 5.91 Å². The Morgan fingerprint density at radius 1 is 1.23 bits per heavy atom. The highest BCUT2D eigenvalue weighted by molar-refractivity contribution is 5.81. The third-order valence-corrected chi connectivity index (χ3v) is 5.34. The molecule has 2 aromatic rings. The summed E-state index contributed by atoms with van der Waals surface area (Å²) < 4.78 is 0. The zero-order valence-corrected chi connectivity index (χ0v) is 14.9. The van der Waals surface area contributed by atoms with Crippen LogP contribution in [0.1, 0.15) is 31.0 Å². The maximum atomic E-state index is 12.9. The summed E-state index contributed by atoms with van der Waals surface area (Å²) in [7, 11) is 0. The average Bonchev–Trinajstić information content (AvgIpc) is 3.22. The van der Waals surface area contributed by atoms with E-state index >= 15 is 0 Å². The summed E-state index contributed by atoms with van der Waals surface area (Å²) in [6.45, 7) is 4.90. The number of fused-ring (bicyclic) bond motifs is 1. The minimum Gasteiger partial charge on any atom is -0.335 e. The SMILES string of the molecule is C[C@H](C(=O)N1CCc2c(nc(-c3ccccn3)[nH]c2=O)C1)N1CCCC1. The molecule has 0 spiro atoms. The highest BCUT2D eigenvalue weighted by Gasteiger charge is 2.31. The highest BCUT2D eigenvalue weighted by atomic mass is 16.2. The molecule has 1 amide bonds. The molecule has 2 aliphatic heterocycles. The molecular weight excluding hydrogens is 330 g/mol. The Labute approximate surface area is 152 Å². The molecule has 136 valence electrons. The summed E-state index contributed by atoms with van der Waals surface area (Å²) in [5.74, 6) is 0.579. The van der Waals surface area contributed by atoms with E-state index in [0.717, 1.165) is 25.9 Å². The largest absolute Gasteiger partial charge is 0.335 e. The monoisotopic (exact) mass is 353 g/mol. The molecule has 2 aromatic heterocycles. The van der Waals surface area contributed by atoms with Gasteiger partial charge in [-0.05, 0) is 51.4 Å². The first-order valence-electron chi connectivity index (χ1n) is 9.20. The fourth-order valence-electron chi connectivity index (χ4n) is 3.80. The van der Waals surface area contributed by atoms with Gasteiger partial charge in [-0.15, -0.1) is 0 Å². The van der Waals surface area contributed by atoms with Gasteiger partial charge in [0.2, 0.25) is 5.91 Å². The Balaban J connectivity index is 1.58. The highest BCUT2D eigenvalue weighted by Crippen LogP contribution is 2.20. The summed E-state index contributed by atoms with van der Waals surface area (Å²) in [5, 5.41) is 0. The lowest BCUT2D eigenvalue weighted by atomic mass is 10.1. The molecule has 0 aliphatic carbocycles. The van der Waals surface area contributed by atoms with Crippen LogP contribution < -0.4 is 5.56 Å². The smallest absolute Gasteiger partial charge is 0.254 e. The van der Waals surface area contributed by atoms with E-state index in [-0.39, 0.29) is 17.5 Å². The second kappa shape index (κ2) is 6.99. The fourth-order valence-corrected chi connectivity index (χ4v) is 3.80. The molecule has 26 heavy (non-hydrogen) atoms. The Morgan fingerprint density at radius 2 is 2.04 bits per heavy atom. The quantitative estimate of drug-likeness (QED) is 0.897. The molecule has 2 aliphatic rings. The minimum absolute atomic E-state index is 0.115. The number of rotatable bonds is 3. The van der Waals surface area contributed by atoms with Crippen molar-refractivity contribution in [1.82, 2.24) is 24.8 Å². The number of amides is 1. The maximum Gasteiger partial charge on any atom is 0.254 e. The first kappa shape index (κ1) is 16.9. The van der Waals surface area contributed by atoms with E-state index in [9.17, 15) is 9.59 Å². The minimum atomic E-state index is -0.129. The number of nitrogens with zero attached hydrogens (tertiary/aromatic N) is 4. The lowest BCUT2D eigenvalue weighted by Gasteiger charge is -2.33. The number of carbonyl (C=O) groups is 1. The molecule has 1 saturated heterocycles. The van der Waals surface area contributed by atoms with Crippen LogP contribution in [0.15, 0.2) is 29.2 Å². The number of aromatic amines is 1. The van der Waals surface area contributed by atoms with Crippen LogP contribution in [0.25, 0.3) is 11.5 Å². The van der Waals surface area contributed by atoms with E-state index in [1.807, 2.05) is 30.0 Å². The normalized spacial score (nSPS) is 18.6. The Bertz CT molecular complexity index is 858. The molecule has 4 heterocycles. The second-order valence-electron chi connectivity index (χ2n) is 6.98. The van der Waals surface area contributed by atoms with Gasteiger partial charge in [-0.2, -0.15) is 0 Å². The summed E-state index contributed by atoms with van der Waals surface area (Å²) in [5.41, 5.74) is 1.86. The number of pyridine rings is 1. The van der Waals surface area contributed by atoms with Gasteiger partial charge in [0.05, 0.1) is 18.3 Å². The number of hydrogen-bond donors (Lipinski definition) is 1. The molecule has 0 saturated carbocycles. The zero-order valence-electron chi connectivity index (χ0n) is 14.9. The number of carbonyl (C=O) groups excluding carboxylic acids is 1. The second-order valence-corrected chi connectivity index (χ2v) is 6.98. The van der Waals surface area contributed by atoms with E-state index in [0.29, 0.717) is 42.3 Å². The first-order valence-corrected chi connectivity index (χ1v) is 9.20. The van der Waals surface area contributed by atoms with Crippen molar-refractivity contribution in [2.45, 2.75) is 38.8 Å². The van der Waals surface area contributed by atoms with Gasteiger partial charge in [-0.25, -0.2) is 4.98 Å². The van der Waals surface area contributed by atoms with Crippen LogP contribution in [0.5, 0.6) is 0 Å². The third-order valence-electron chi connectivity index (χ3n) is 5.34. The van der Waals surface area contributed by atoms with Crippen LogP contribution in [0.3, 0.4) is 0 Å². The maximum absolute atomic E-state index is 12.9. The summed E-state index contributed by atoms with van der Waals surface area (Å²) in [6.07, 6.45) is 4.52. The lowest BCUT2D eigenvalue weighted by Crippen LogP contribution is -2.48. The van der Waals surface area contributed by atoms with Crippen molar-refractivity contribution in [2.75, 3.05) is 19.6 Å². The van der Waals surface area contributed by atoms with Crippen LogP contribution in [0.2, 0.25) is 0 Å². The molecule has 4 rings (SSSR count). The molecule has 1 N–H and O–H groups in total. The van der Waals surface area contributed by atoms with Gasteiger partial charge in [0.15, 0.2) is 5.82 Å². The Kier molecular flexibility index (Phi) is 4.55. The fraction of sp³-hybridized carbons (Fsp3) is 0.474. The Morgan fingerprint density at radius 3 is 2.77 bits per heavy atom. The van der Waals surface area contributed by atoms with Gasteiger partial charge in [0.25, 0.3) is 5.56 Å². The number of aromatic nitrogens is 3. The molecule has 0 aromatic carbocycles. The van der Waals surface area contributed by atoms with Gasteiger partial charge < -0.3 is 9.88 Å². The van der Waals surface area contributed by atoms with E-state index in [1.54, 1.807) is 6.20 Å². The number of hydrogen-bond acceptors (Lipinski definition) is 5. The molecule has 1 atom stereocenters. The van der Waals surface area contributed by atoms with Gasteiger partial charge >= 0.3 is 0 Å². The molecule has 0 bridgehead atoms. The van der Waals surface area contributed by atoms with Crippen LogP contribution in [-0.4, -0.2) is 56.3 Å².